The van der Waals surface area contributed by atoms with Gasteiger partial charge in [0.2, 0.25) is 11.8 Å². The van der Waals surface area contributed by atoms with Crippen molar-refractivity contribution >= 4 is 23.1 Å². The van der Waals surface area contributed by atoms with Crippen molar-refractivity contribution in [3.05, 3.63) is 30.1 Å². The first kappa shape index (κ1) is 24.1. The van der Waals surface area contributed by atoms with Crippen molar-refractivity contribution < 1.29 is 22.8 Å². The molecule has 7 nitrogen and oxygen atoms in total. The van der Waals surface area contributed by atoms with Gasteiger partial charge in [-0.15, -0.1) is 0 Å². The van der Waals surface area contributed by atoms with Gasteiger partial charge in [-0.1, -0.05) is 0 Å². The molecule has 35 heavy (non-hydrogen) atoms. The molecular formula is C25H32F3N5O2. The number of imide groups is 1. The number of piperidine rings is 1. The highest BCUT2D eigenvalue weighted by atomic mass is 19.3. The first-order valence-electron chi connectivity index (χ1n) is 12.5. The van der Waals surface area contributed by atoms with Gasteiger partial charge in [0, 0.05) is 57.6 Å². The lowest BCUT2D eigenvalue weighted by molar-refractivity contribution is -0.120. The first-order chi connectivity index (χ1) is 16.6. The number of carbonyl (C=O) groups is 2. The van der Waals surface area contributed by atoms with Gasteiger partial charge < -0.3 is 4.90 Å². The maximum Gasteiger partial charge on any atom is 0.328 e. The van der Waals surface area contributed by atoms with E-state index >= 15 is 4.39 Å². The molecule has 5 rings (SSSR count). The number of carbonyl (C=O) groups excluding carboxylic acids is 2. The number of pyridine rings is 1. The summed E-state index contributed by atoms with van der Waals surface area (Å²) >= 11 is 0. The Morgan fingerprint density at radius 2 is 1.91 bits per heavy atom. The van der Waals surface area contributed by atoms with Crippen LogP contribution in [-0.4, -0.2) is 63.7 Å². The normalized spacial score (nSPS) is 28.5. The summed E-state index contributed by atoms with van der Waals surface area (Å²) < 4.78 is 44.6. The number of alkyl halides is 3. The van der Waals surface area contributed by atoms with Crippen LogP contribution < -0.4 is 10.2 Å². The number of fused-ring (bicyclic) bond motifs is 1. The summed E-state index contributed by atoms with van der Waals surface area (Å²) in [4.78, 5) is 27.5. The highest BCUT2D eigenvalue weighted by Crippen LogP contribution is 2.39. The minimum absolute atomic E-state index is 0.0403. The molecule has 2 atom stereocenters. The van der Waals surface area contributed by atoms with Crippen LogP contribution in [0, 0.1) is 5.92 Å². The Labute approximate surface area is 202 Å². The lowest BCUT2D eigenvalue weighted by Crippen LogP contribution is -2.50. The van der Waals surface area contributed by atoms with Gasteiger partial charge in [0.15, 0.2) is 0 Å². The molecule has 0 unspecified atom stereocenters. The highest BCUT2D eigenvalue weighted by Gasteiger charge is 2.41. The molecule has 190 valence electrons. The molecule has 1 N–H and O–H groups in total. The van der Waals surface area contributed by atoms with E-state index < -0.39 is 17.6 Å². The smallest absolute Gasteiger partial charge is 0.300 e. The van der Waals surface area contributed by atoms with Gasteiger partial charge in [-0.3, -0.25) is 15.0 Å². The lowest BCUT2D eigenvalue weighted by atomic mass is 9.82. The van der Waals surface area contributed by atoms with Crippen molar-refractivity contribution in [2.75, 3.05) is 24.5 Å². The minimum atomic E-state index is -2.52. The van der Waals surface area contributed by atoms with Crippen molar-refractivity contribution in [3.63, 3.8) is 0 Å². The summed E-state index contributed by atoms with van der Waals surface area (Å²) in [6.07, 6.45) is 5.60. The van der Waals surface area contributed by atoms with E-state index in [9.17, 15) is 18.4 Å². The molecule has 3 amide bonds. The fourth-order valence-electron chi connectivity index (χ4n) is 5.86. The number of likely N-dealkylation sites (tertiary alicyclic amines) is 1. The van der Waals surface area contributed by atoms with Gasteiger partial charge in [0.25, 0.3) is 0 Å². The molecule has 10 heteroatoms. The van der Waals surface area contributed by atoms with Gasteiger partial charge in [0.05, 0.1) is 17.4 Å². The van der Waals surface area contributed by atoms with Gasteiger partial charge >= 0.3 is 6.03 Å². The Bertz CT molecular complexity index is 1110. The Morgan fingerprint density at radius 3 is 2.63 bits per heavy atom. The second kappa shape index (κ2) is 9.11. The van der Waals surface area contributed by atoms with Crippen LogP contribution >= 0.6 is 0 Å². The van der Waals surface area contributed by atoms with E-state index in [1.807, 2.05) is 19.1 Å². The molecule has 0 radical (unpaired) electrons. The summed E-state index contributed by atoms with van der Waals surface area (Å²) in [5.41, 5.74) is 0.745. The largest absolute Gasteiger partial charge is 0.328 e. The van der Waals surface area contributed by atoms with Crippen molar-refractivity contribution in [3.8, 4) is 0 Å². The summed E-state index contributed by atoms with van der Waals surface area (Å²) in [7, 11) is 0. The third kappa shape index (κ3) is 5.17. The summed E-state index contributed by atoms with van der Waals surface area (Å²) in [5.74, 6) is -2.57. The average Bonchev–Trinajstić information content (AvgIpc) is 3.20. The van der Waals surface area contributed by atoms with Crippen molar-refractivity contribution in [1.29, 1.82) is 0 Å². The zero-order valence-electron chi connectivity index (χ0n) is 20.0. The zero-order valence-corrected chi connectivity index (χ0v) is 20.0. The molecule has 0 bridgehead atoms. The fourth-order valence-corrected chi connectivity index (χ4v) is 5.86. The quantitative estimate of drug-likeness (QED) is 0.676. The van der Waals surface area contributed by atoms with Crippen molar-refractivity contribution in [2.24, 2.45) is 5.92 Å². The van der Waals surface area contributed by atoms with E-state index in [2.05, 4.69) is 15.3 Å². The molecule has 0 spiro atoms. The molecule has 2 saturated heterocycles. The average molecular weight is 492 g/mol. The lowest BCUT2D eigenvalue weighted by Gasteiger charge is -2.43. The highest BCUT2D eigenvalue weighted by molar-refractivity contribution is 6.07. The van der Waals surface area contributed by atoms with E-state index in [4.69, 9.17) is 0 Å². The number of nitrogens with zero attached hydrogens (tertiary/aromatic N) is 4. The Morgan fingerprint density at radius 1 is 1.14 bits per heavy atom. The van der Waals surface area contributed by atoms with E-state index in [1.54, 1.807) is 16.9 Å². The van der Waals surface area contributed by atoms with Gasteiger partial charge in [0.1, 0.15) is 5.67 Å². The molecule has 1 saturated carbocycles. The van der Waals surface area contributed by atoms with Gasteiger partial charge in [-0.25, -0.2) is 22.5 Å². The maximum atomic E-state index is 16.0. The Kier molecular flexibility index (Phi) is 6.27. The number of hydrogen-bond donors (Lipinski definition) is 1. The fraction of sp³-hybridized carbons (Fsp3) is 0.640. The topological polar surface area (TPSA) is 70.0 Å². The van der Waals surface area contributed by atoms with Crippen LogP contribution in [0.25, 0.3) is 5.52 Å². The zero-order chi connectivity index (χ0) is 24.8. The number of hydrogen-bond acceptors (Lipinski definition) is 4. The number of nitrogens with one attached hydrogen (secondary N) is 1. The number of urea groups is 1. The number of amides is 3. The van der Waals surface area contributed by atoms with Crippen LogP contribution in [0.4, 0.5) is 23.7 Å². The van der Waals surface area contributed by atoms with E-state index in [1.165, 1.54) is 4.90 Å². The number of anilines is 1. The first-order valence-corrected chi connectivity index (χ1v) is 12.5. The van der Waals surface area contributed by atoms with Crippen LogP contribution in [-0.2, 0) is 11.2 Å². The number of rotatable bonds is 5. The van der Waals surface area contributed by atoms with Crippen molar-refractivity contribution in [2.45, 2.75) is 75.9 Å². The molecular weight excluding hydrogens is 459 g/mol. The standard InChI is InChI=1S/C25H32F3N5O2/c1-17-13-24(26,8-11-31(17)16-18-2-6-25(27,28)7-3-18)14-19-4-10-33-20(12-19)21(15-29-33)32-9-5-22(34)30-23(32)35/h4,10,12,15,17-18H,2-3,5-9,11,13-14,16H2,1H3,(H,30,34,35)/t17-,24+/m0/s1. The summed E-state index contributed by atoms with van der Waals surface area (Å²) in [6, 6.07) is 3.28. The molecule has 3 aliphatic rings. The van der Waals surface area contributed by atoms with Gasteiger partial charge in [-0.2, -0.15) is 5.10 Å². The third-order valence-electron chi connectivity index (χ3n) is 7.89. The van der Waals surface area contributed by atoms with Crippen LogP contribution in [0.15, 0.2) is 24.5 Å². The molecule has 4 heterocycles. The van der Waals surface area contributed by atoms with Crippen LogP contribution in [0.5, 0.6) is 0 Å². The van der Waals surface area contributed by atoms with Crippen LogP contribution in [0.2, 0.25) is 0 Å². The predicted octanol–water partition coefficient (Wildman–Crippen LogP) is 4.34. The summed E-state index contributed by atoms with van der Waals surface area (Å²) in [5, 5.41) is 6.62. The molecule has 2 aliphatic heterocycles. The van der Waals surface area contributed by atoms with Crippen LogP contribution in [0.3, 0.4) is 0 Å². The molecule has 2 aromatic rings. The molecule has 1 aliphatic carbocycles. The van der Waals surface area contributed by atoms with Gasteiger partial charge in [-0.05, 0) is 56.2 Å². The molecule has 3 fully saturated rings. The maximum absolute atomic E-state index is 16.0. The molecule has 0 aromatic carbocycles. The summed E-state index contributed by atoms with van der Waals surface area (Å²) in [6.45, 7) is 3.68. The minimum Gasteiger partial charge on any atom is -0.300 e. The third-order valence-corrected chi connectivity index (χ3v) is 7.89. The molecule has 2 aromatic heterocycles. The van der Waals surface area contributed by atoms with E-state index in [0.717, 1.165) is 12.1 Å². The van der Waals surface area contributed by atoms with E-state index in [0.29, 0.717) is 43.4 Å². The second-order valence-electron chi connectivity index (χ2n) is 10.6. The number of halogens is 3. The van der Waals surface area contributed by atoms with Crippen LogP contribution in [0.1, 0.15) is 57.4 Å². The second-order valence-corrected chi connectivity index (χ2v) is 10.6. The predicted molar refractivity (Wildman–Crippen MR) is 125 cm³/mol. The Hall–Kier alpha value is -2.62. The van der Waals surface area contributed by atoms with Crippen molar-refractivity contribution in [1.82, 2.24) is 19.8 Å². The SMILES string of the molecule is C[C@H]1C[C@@](F)(Cc2ccn3ncc(N4CCC(=O)NC4=O)c3c2)CCN1CC1CCC(F)(F)CC1. The van der Waals surface area contributed by atoms with E-state index in [-0.39, 0.29) is 50.1 Å². The number of aromatic nitrogens is 2. The Balaban J connectivity index is 1.24. The monoisotopic (exact) mass is 491 g/mol.